The molecule has 9 heteroatoms. The second kappa shape index (κ2) is 8.83. The van der Waals surface area contributed by atoms with Crippen molar-refractivity contribution in [2.75, 3.05) is 11.9 Å². The number of rotatable bonds is 7. The van der Waals surface area contributed by atoms with Gasteiger partial charge in [-0.3, -0.25) is 4.79 Å². The zero-order valence-electron chi connectivity index (χ0n) is 15.1. The quantitative estimate of drug-likeness (QED) is 0.582. The number of anilines is 1. The van der Waals surface area contributed by atoms with Crippen LogP contribution in [-0.4, -0.2) is 28.0 Å². The molecule has 6 nitrogen and oxygen atoms in total. The standard InChI is InChI=1S/C19H17F2N3O3S/c1-3-26-14-7-4-12(5-8-14)18-23-24-19(27-18)28-11(2)17(25)22-16-9-6-13(20)10-15(16)21/h4-11H,3H2,1-2H3,(H,22,25)/t11-/m0/s1. The molecule has 0 bridgehead atoms. The first kappa shape index (κ1) is 19.8. The van der Waals surface area contributed by atoms with Crippen molar-refractivity contribution >= 4 is 23.4 Å². The molecule has 1 atom stereocenters. The number of thioether (sulfide) groups is 1. The smallest absolute Gasteiger partial charge is 0.277 e. The minimum Gasteiger partial charge on any atom is -0.494 e. The van der Waals surface area contributed by atoms with E-state index < -0.39 is 22.8 Å². The number of nitrogens with one attached hydrogen (secondary N) is 1. The molecular formula is C19H17F2N3O3S. The number of ether oxygens (including phenoxy) is 1. The monoisotopic (exact) mass is 405 g/mol. The highest BCUT2D eigenvalue weighted by molar-refractivity contribution is 8.00. The van der Waals surface area contributed by atoms with Crippen LogP contribution >= 0.6 is 11.8 Å². The van der Waals surface area contributed by atoms with Crippen molar-refractivity contribution in [2.45, 2.75) is 24.3 Å². The van der Waals surface area contributed by atoms with Crippen LogP contribution in [0.25, 0.3) is 11.5 Å². The zero-order valence-corrected chi connectivity index (χ0v) is 15.9. The molecule has 0 spiro atoms. The summed E-state index contributed by atoms with van der Waals surface area (Å²) in [4.78, 5) is 12.2. The molecule has 0 unspecified atom stereocenters. The zero-order chi connectivity index (χ0) is 20.1. The lowest BCUT2D eigenvalue weighted by Gasteiger charge is -2.10. The molecule has 1 heterocycles. The molecule has 0 fully saturated rings. The summed E-state index contributed by atoms with van der Waals surface area (Å²) in [5, 5.41) is 9.86. The topological polar surface area (TPSA) is 77.2 Å². The molecule has 1 N–H and O–H groups in total. The molecule has 1 aromatic heterocycles. The van der Waals surface area contributed by atoms with Crippen LogP contribution in [-0.2, 0) is 4.79 Å². The van der Waals surface area contributed by atoms with Crippen molar-refractivity contribution in [1.29, 1.82) is 0 Å². The summed E-state index contributed by atoms with van der Waals surface area (Å²) in [7, 11) is 0. The van der Waals surface area contributed by atoms with Gasteiger partial charge >= 0.3 is 0 Å². The van der Waals surface area contributed by atoms with Crippen molar-refractivity contribution in [3.05, 3.63) is 54.1 Å². The molecule has 146 valence electrons. The molecule has 3 rings (SSSR count). The van der Waals surface area contributed by atoms with Gasteiger partial charge in [0.05, 0.1) is 17.5 Å². The van der Waals surface area contributed by atoms with Crippen LogP contribution in [0, 0.1) is 11.6 Å². The third-order valence-corrected chi connectivity index (χ3v) is 4.59. The van der Waals surface area contributed by atoms with Crippen LogP contribution < -0.4 is 10.1 Å². The minimum atomic E-state index is -0.846. The summed E-state index contributed by atoms with van der Waals surface area (Å²) < 4.78 is 37.6. The Morgan fingerprint density at radius 2 is 1.96 bits per heavy atom. The van der Waals surface area contributed by atoms with Gasteiger partial charge in [-0.1, -0.05) is 11.8 Å². The molecule has 0 saturated carbocycles. The lowest BCUT2D eigenvalue weighted by atomic mass is 10.2. The maximum atomic E-state index is 13.7. The van der Waals surface area contributed by atoms with E-state index >= 15 is 0 Å². The van der Waals surface area contributed by atoms with Gasteiger partial charge in [0.15, 0.2) is 0 Å². The van der Waals surface area contributed by atoms with Crippen LogP contribution in [0.4, 0.5) is 14.5 Å². The Morgan fingerprint density at radius 1 is 1.21 bits per heavy atom. The number of halogens is 2. The maximum Gasteiger partial charge on any atom is 0.277 e. The Labute approximate surface area is 164 Å². The average Bonchev–Trinajstić information content (AvgIpc) is 3.13. The van der Waals surface area contributed by atoms with Crippen molar-refractivity contribution in [3.8, 4) is 17.2 Å². The van der Waals surface area contributed by atoms with Crippen LogP contribution in [0.1, 0.15) is 13.8 Å². The van der Waals surface area contributed by atoms with Gasteiger partial charge in [0, 0.05) is 11.6 Å². The Balaban J connectivity index is 1.62. The first-order valence-electron chi connectivity index (χ1n) is 8.45. The third kappa shape index (κ3) is 4.86. The number of carbonyl (C=O) groups excluding carboxylic acids is 1. The summed E-state index contributed by atoms with van der Waals surface area (Å²) in [6.07, 6.45) is 0. The molecule has 28 heavy (non-hydrogen) atoms. The van der Waals surface area contributed by atoms with Gasteiger partial charge in [0.2, 0.25) is 11.8 Å². The van der Waals surface area contributed by atoms with Crippen LogP contribution in [0.5, 0.6) is 5.75 Å². The van der Waals surface area contributed by atoms with E-state index in [1.54, 1.807) is 31.2 Å². The highest BCUT2D eigenvalue weighted by Crippen LogP contribution is 2.28. The van der Waals surface area contributed by atoms with Crippen molar-refractivity contribution < 1.29 is 22.7 Å². The molecule has 0 aliphatic heterocycles. The SMILES string of the molecule is CCOc1ccc(-c2nnc(S[C@@H](C)C(=O)Nc3ccc(F)cc3F)o2)cc1. The molecule has 1 amide bonds. The molecule has 2 aromatic carbocycles. The number of nitrogens with zero attached hydrogens (tertiary/aromatic N) is 2. The van der Waals surface area contributed by atoms with Crippen molar-refractivity contribution in [1.82, 2.24) is 10.2 Å². The van der Waals surface area contributed by atoms with Gasteiger partial charge in [0.25, 0.3) is 5.22 Å². The van der Waals surface area contributed by atoms with E-state index in [0.29, 0.717) is 24.1 Å². The number of benzene rings is 2. The lowest BCUT2D eigenvalue weighted by molar-refractivity contribution is -0.115. The first-order chi connectivity index (χ1) is 13.5. The van der Waals surface area contributed by atoms with Crippen LogP contribution in [0.3, 0.4) is 0 Å². The minimum absolute atomic E-state index is 0.0977. The lowest BCUT2D eigenvalue weighted by Crippen LogP contribution is -2.23. The van der Waals surface area contributed by atoms with E-state index in [-0.39, 0.29) is 10.9 Å². The highest BCUT2D eigenvalue weighted by Gasteiger charge is 2.20. The number of aromatic nitrogens is 2. The number of hydrogen-bond acceptors (Lipinski definition) is 6. The Kier molecular flexibility index (Phi) is 6.25. The second-order valence-corrected chi connectivity index (χ2v) is 7.00. The highest BCUT2D eigenvalue weighted by atomic mass is 32.2. The number of carbonyl (C=O) groups is 1. The molecule has 0 aliphatic carbocycles. The first-order valence-corrected chi connectivity index (χ1v) is 9.33. The number of hydrogen-bond donors (Lipinski definition) is 1. The molecule has 0 saturated heterocycles. The van der Waals surface area contributed by atoms with E-state index in [4.69, 9.17) is 9.15 Å². The largest absolute Gasteiger partial charge is 0.494 e. The maximum absolute atomic E-state index is 13.7. The van der Waals surface area contributed by atoms with Crippen LogP contribution in [0.15, 0.2) is 52.1 Å². The van der Waals surface area contributed by atoms with Crippen molar-refractivity contribution in [3.63, 3.8) is 0 Å². The number of amides is 1. The van der Waals surface area contributed by atoms with Crippen molar-refractivity contribution in [2.24, 2.45) is 0 Å². The van der Waals surface area contributed by atoms with Gasteiger partial charge < -0.3 is 14.5 Å². The second-order valence-electron chi connectivity index (χ2n) is 5.70. The summed E-state index contributed by atoms with van der Waals surface area (Å²) in [5.74, 6) is -0.996. The average molecular weight is 405 g/mol. The Bertz CT molecular complexity index is 963. The van der Waals surface area contributed by atoms with Gasteiger partial charge in [0.1, 0.15) is 17.4 Å². The molecule has 0 aliphatic rings. The summed E-state index contributed by atoms with van der Waals surface area (Å²) >= 11 is 1.03. The predicted octanol–water partition coefficient (Wildman–Crippen LogP) is 4.53. The van der Waals surface area contributed by atoms with Gasteiger partial charge in [-0.25, -0.2) is 8.78 Å². The van der Waals surface area contributed by atoms with E-state index in [9.17, 15) is 13.6 Å². The summed E-state index contributed by atoms with van der Waals surface area (Å²) in [6.45, 7) is 4.09. The Hall–Kier alpha value is -2.94. The fraction of sp³-hybridized carbons (Fsp3) is 0.211. The van der Waals surface area contributed by atoms with E-state index in [2.05, 4.69) is 15.5 Å². The van der Waals surface area contributed by atoms with E-state index in [1.807, 2.05) is 6.92 Å². The van der Waals surface area contributed by atoms with Crippen LogP contribution in [0.2, 0.25) is 0 Å². The molecular weight excluding hydrogens is 388 g/mol. The molecule has 3 aromatic rings. The normalized spacial score (nSPS) is 11.9. The predicted molar refractivity (Wildman–Crippen MR) is 101 cm³/mol. The summed E-state index contributed by atoms with van der Waals surface area (Å²) in [5.41, 5.74) is 0.618. The fourth-order valence-corrected chi connectivity index (χ4v) is 2.95. The fourth-order valence-electron chi connectivity index (χ4n) is 2.26. The van der Waals surface area contributed by atoms with Gasteiger partial charge in [-0.05, 0) is 50.2 Å². The van der Waals surface area contributed by atoms with Gasteiger partial charge in [-0.2, -0.15) is 0 Å². The summed E-state index contributed by atoms with van der Waals surface area (Å²) in [6, 6.07) is 10.1. The van der Waals surface area contributed by atoms with E-state index in [0.717, 1.165) is 29.6 Å². The van der Waals surface area contributed by atoms with Gasteiger partial charge in [-0.15, -0.1) is 10.2 Å². The Morgan fingerprint density at radius 3 is 2.64 bits per heavy atom. The third-order valence-electron chi connectivity index (χ3n) is 3.65. The molecule has 0 radical (unpaired) electrons. The van der Waals surface area contributed by atoms with E-state index in [1.165, 1.54) is 0 Å².